The minimum absolute atomic E-state index is 0.0709. The standard InChI is InChI=1S/C22H22O11/c1-30-13-5-10(4-11(24)6-13)15-9-31-16-7-12(2-3-14(16)18(15)25)32-22(29)21(28)20(27)19(26)17(8-23)33-22/h2-7,9,17,19-21,23-24,26-29H,8H2,1H3/t17-,19-,20+,21-,22-/m1/s1. The first-order valence-corrected chi connectivity index (χ1v) is 9.85. The molecule has 0 spiro atoms. The van der Waals surface area contributed by atoms with Crippen LogP contribution >= 0.6 is 0 Å². The van der Waals surface area contributed by atoms with Crippen LogP contribution in [-0.2, 0) is 4.74 Å². The normalized spacial score (nSPS) is 27.5. The smallest absolute Gasteiger partial charge is 0.355 e. The molecule has 1 aliphatic heterocycles. The van der Waals surface area contributed by atoms with E-state index in [1.165, 1.54) is 43.7 Å². The maximum Gasteiger partial charge on any atom is 0.355 e. The molecule has 0 aliphatic carbocycles. The molecule has 6 N–H and O–H groups in total. The van der Waals surface area contributed by atoms with E-state index in [-0.39, 0.29) is 28.0 Å². The van der Waals surface area contributed by atoms with Crippen LogP contribution in [0.2, 0.25) is 0 Å². The molecule has 3 aromatic rings. The predicted molar refractivity (Wildman–Crippen MR) is 112 cm³/mol. The molecule has 2 aromatic carbocycles. The van der Waals surface area contributed by atoms with E-state index in [0.717, 1.165) is 0 Å². The van der Waals surface area contributed by atoms with Crippen LogP contribution in [0.15, 0.2) is 51.9 Å². The van der Waals surface area contributed by atoms with Gasteiger partial charge in [0.1, 0.15) is 47.4 Å². The van der Waals surface area contributed by atoms with Crippen LogP contribution in [0.25, 0.3) is 22.1 Å². The Morgan fingerprint density at radius 3 is 2.52 bits per heavy atom. The number of aliphatic hydroxyl groups is 5. The molecule has 11 nitrogen and oxygen atoms in total. The first-order chi connectivity index (χ1) is 15.7. The Balaban J connectivity index is 1.68. The van der Waals surface area contributed by atoms with E-state index in [9.17, 15) is 35.4 Å². The molecular formula is C22H22O11. The highest BCUT2D eigenvalue weighted by Crippen LogP contribution is 2.33. The lowest BCUT2D eigenvalue weighted by Crippen LogP contribution is -2.67. The van der Waals surface area contributed by atoms with E-state index >= 15 is 0 Å². The van der Waals surface area contributed by atoms with Crippen molar-refractivity contribution in [3.63, 3.8) is 0 Å². The molecule has 0 unspecified atom stereocenters. The Labute approximate surface area is 186 Å². The topological polar surface area (TPSA) is 179 Å². The largest absolute Gasteiger partial charge is 0.508 e. The summed E-state index contributed by atoms with van der Waals surface area (Å²) in [5.41, 5.74) is 0.194. The fourth-order valence-electron chi connectivity index (χ4n) is 3.61. The van der Waals surface area contributed by atoms with Gasteiger partial charge in [-0.05, 0) is 29.8 Å². The van der Waals surface area contributed by atoms with Gasteiger partial charge in [0.25, 0.3) is 0 Å². The van der Waals surface area contributed by atoms with Crippen molar-refractivity contribution in [1.82, 2.24) is 0 Å². The molecule has 1 saturated heterocycles. The second kappa shape index (κ2) is 8.63. The van der Waals surface area contributed by atoms with Crippen molar-refractivity contribution in [2.45, 2.75) is 30.4 Å². The molecule has 33 heavy (non-hydrogen) atoms. The van der Waals surface area contributed by atoms with E-state index in [2.05, 4.69) is 0 Å². The van der Waals surface area contributed by atoms with E-state index in [1.807, 2.05) is 0 Å². The van der Waals surface area contributed by atoms with Crippen molar-refractivity contribution < 1.29 is 49.3 Å². The molecule has 1 aliphatic rings. The zero-order valence-corrected chi connectivity index (χ0v) is 17.3. The van der Waals surface area contributed by atoms with Crippen LogP contribution in [0.3, 0.4) is 0 Å². The molecule has 4 rings (SSSR count). The lowest BCUT2D eigenvalue weighted by atomic mass is 9.98. The van der Waals surface area contributed by atoms with E-state index in [4.69, 9.17) is 18.6 Å². The highest BCUT2D eigenvalue weighted by Gasteiger charge is 2.55. The number of ether oxygens (including phenoxy) is 3. The van der Waals surface area contributed by atoms with Gasteiger partial charge >= 0.3 is 5.97 Å². The van der Waals surface area contributed by atoms with Gasteiger partial charge in [0.2, 0.25) is 0 Å². The maximum atomic E-state index is 13.0. The fraction of sp³-hybridized carbons (Fsp3) is 0.318. The molecule has 0 saturated carbocycles. The van der Waals surface area contributed by atoms with Gasteiger partial charge in [-0.2, -0.15) is 0 Å². The van der Waals surface area contributed by atoms with E-state index < -0.39 is 42.4 Å². The van der Waals surface area contributed by atoms with Gasteiger partial charge in [0.15, 0.2) is 11.5 Å². The van der Waals surface area contributed by atoms with Gasteiger partial charge in [0.05, 0.1) is 24.7 Å². The lowest BCUT2D eigenvalue weighted by Gasteiger charge is -2.44. The summed E-state index contributed by atoms with van der Waals surface area (Å²) in [5, 5.41) is 59.8. The number of methoxy groups -OCH3 is 1. The van der Waals surface area contributed by atoms with Gasteiger partial charge in [-0.1, -0.05) is 0 Å². The molecule has 1 fully saturated rings. The third kappa shape index (κ3) is 4.13. The molecule has 176 valence electrons. The molecule has 0 radical (unpaired) electrons. The summed E-state index contributed by atoms with van der Waals surface area (Å²) in [4.78, 5) is 13.0. The Kier molecular flexibility index (Phi) is 6.01. The summed E-state index contributed by atoms with van der Waals surface area (Å²) >= 11 is 0. The summed E-state index contributed by atoms with van der Waals surface area (Å²) in [6.07, 6.45) is -5.82. The molecule has 1 aromatic heterocycles. The average Bonchev–Trinajstić information content (AvgIpc) is 2.80. The second-order valence-electron chi connectivity index (χ2n) is 7.55. The summed E-state index contributed by atoms with van der Waals surface area (Å²) in [6, 6.07) is 8.23. The van der Waals surface area contributed by atoms with Crippen molar-refractivity contribution >= 4 is 11.0 Å². The molecule has 5 atom stereocenters. The van der Waals surface area contributed by atoms with Crippen molar-refractivity contribution in [1.29, 1.82) is 0 Å². The van der Waals surface area contributed by atoms with E-state index in [1.54, 1.807) is 6.07 Å². The van der Waals surface area contributed by atoms with Crippen molar-refractivity contribution in [2.24, 2.45) is 0 Å². The lowest BCUT2D eigenvalue weighted by molar-refractivity contribution is -0.422. The summed E-state index contributed by atoms with van der Waals surface area (Å²) in [5.74, 6) is -2.64. The minimum atomic E-state index is -2.79. The predicted octanol–water partition coefficient (Wildman–Crippen LogP) is -0.327. The monoisotopic (exact) mass is 462 g/mol. The van der Waals surface area contributed by atoms with Crippen LogP contribution in [0, 0.1) is 0 Å². The summed E-state index contributed by atoms with van der Waals surface area (Å²) in [6.45, 7) is -0.758. The number of fused-ring (bicyclic) bond motifs is 1. The first-order valence-electron chi connectivity index (χ1n) is 9.85. The summed E-state index contributed by atoms with van der Waals surface area (Å²) in [7, 11) is 1.42. The van der Waals surface area contributed by atoms with Gasteiger partial charge in [0, 0.05) is 12.1 Å². The molecule has 0 bridgehead atoms. The van der Waals surface area contributed by atoms with Crippen molar-refractivity contribution in [2.75, 3.05) is 13.7 Å². The summed E-state index contributed by atoms with van der Waals surface area (Å²) < 4.78 is 21.0. The Morgan fingerprint density at radius 1 is 1.06 bits per heavy atom. The number of hydrogen-bond acceptors (Lipinski definition) is 11. The Morgan fingerprint density at radius 2 is 1.82 bits per heavy atom. The maximum absolute atomic E-state index is 13.0. The number of phenolic OH excluding ortho intramolecular Hbond substituents is 1. The molecule has 11 heteroatoms. The third-order valence-electron chi connectivity index (χ3n) is 5.38. The van der Waals surface area contributed by atoms with Crippen LogP contribution in [0.5, 0.6) is 17.2 Å². The van der Waals surface area contributed by atoms with Crippen LogP contribution in [0.1, 0.15) is 0 Å². The first kappa shape index (κ1) is 23.0. The zero-order chi connectivity index (χ0) is 23.9. The number of aliphatic hydroxyl groups excluding tert-OH is 4. The Bertz CT molecular complexity index is 1220. The van der Waals surface area contributed by atoms with E-state index in [0.29, 0.717) is 11.3 Å². The molecule has 2 heterocycles. The second-order valence-corrected chi connectivity index (χ2v) is 7.55. The quantitative estimate of drug-likeness (QED) is 0.274. The SMILES string of the molecule is COc1cc(O)cc(-c2coc3cc(O[C@@]4(O)O[C@H](CO)[C@@H](O)[C@H](O)[C@H]4O)ccc3c2=O)c1. The fourth-order valence-corrected chi connectivity index (χ4v) is 3.61. The Hall–Kier alpha value is -3.19. The number of benzene rings is 2. The van der Waals surface area contributed by atoms with Gasteiger partial charge < -0.3 is 49.3 Å². The van der Waals surface area contributed by atoms with Crippen LogP contribution in [0.4, 0.5) is 0 Å². The number of aromatic hydroxyl groups is 1. The third-order valence-corrected chi connectivity index (χ3v) is 5.38. The molecular weight excluding hydrogens is 440 g/mol. The van der Waals surface area contributed by atoms with Gasteiger partial charge in [-0.15, -0.1) is 0 Å². The van der Waals surface area contributed by atoms with Gasteiger partial charge in [-0.3, -0.25) is 4.79 Å². The van der Waals surface area contributed by atoms with Crippen molar-refractivity contribution in [3.05, 3.63) is 52.9 Å². The zero-order valence-electron chi connectivity index (χ0n) is 17.3. The number of rotatable bonds is 5. The minimum Gasteiger partial charge on any atom is -0.508 e. The highest BCUT2D eigenvalue weighted by molar-refractivity contribution is 5.83. The highest BCUT2D eigenvalue weighted by atomic mass is 16.8. The van der Waals surface area contributed by atoms with Crippen molar-refractivity contribution in [3.8, 4) is 28.4 Å². The average molecular weight is 462 g/mol. The van der Waals surface area contributed by atoms with Gasteiger partial charge in [-0.25, -0.2) is 0 Å². The number of hydrogen-bond donors (Lipinski definition) is 6. The van der Waals surface area contributed by atoms with Crippen LogP contribution < -0.4 is 14.9 Å². The number of phenols is 1. The molecule has 0 amide bonds. The van der Waals surface area contributed by atoms with Crippen LogP contribution in [-0.4, -0.2) is 74.7 Å².